The Morgan fingerprint density at radius 3 is 1.28 bits per heavy atom. The second kappa shape index (κ2) is 25.8. The summed E-state index contributed by atoms with van der Waals surface area (Å²) >= 11 is 0. The van der Waals surface area contributed by atoms with Gasteiger partial charge in [0.05, 0.1) is 13.1 Å². The number of aryl methyl sites for hydroxylation is 2. The maximum absolute atomic E-state index is 2.57. The van der Waals surface area contributed by atoms with Gasteiger partial charge in [0.2, 0.25) is 0 Å². The maximum atomic E-state index is 2.57. The van der Waals surface area contributed by atoms with Gasteiger partial charge in [0.1, 0.15) is 12.4 Å². The molecule has 0 aliphatic rings. The molecule has 0 fully saturated rings. The van der Waals surface area contributed by atoms with Gasteiger partial charge in [-0.25, -0.2) is 9.13 Å². The molecule has 0 bridgehead atoms. The predicted molar refractivity (Wildman–Crippen MR) is 161 cm³/mol. The third-order valence-corrected chi connectivity index (χ3v) is 8.07. The van der Waals surface area contributed by atoms with Gasteiger partial charge in [-0.3, -0.25) is 0 Å². The summed E-state index contributed by atoms with van der Waals surface area (Å²) in [6.45, 7) is 9.38. The second-order valence-corrected chi connectivity index (χ2v) is 11.6. The van der Waals surface area contributed by atoms with Gasteiger partial charge in [-0.1, -0.05) is 149 Å². The average molecular weight is 504 g/mol. The molecule has 2 nitrogen and oxygen atoms in total. The average Bonchev–Trinajstić information content (AvgIpc) is 3.26. The molecule has 0 aliphatic carbocycles. The Kier molecular flexibility index (Phi) is 23.9. The quantitative estimate of drug-likeness (QED) is 0.0794. The zero-order valence-electron chi connectivity index (χ0n) is 25.3. The van der Waals surface area contributed by atoms with Gasteiger partial charge in [-0.05, 0) is 32.1 Å². The Balaban J connectivity index is 2.06. The molecule has 36 heavy (non-hydrogen) atoms. The first-order valence-electron chi connectivity index (χ1n) is 16.9. The Bertz CT molecular complexity index is 516. The molecule has 1 aromatic rings. The molecule has 1 aromatic heterocycles. The molecule has 0 saturated carbocycles. The lowest BCUT2D eigenvalue weighted by Crippen LogP contribution is -2.37. The summed E-state index contributed by atoms with van der Waals surface area (Å²) in [7, 11) is 0. The van der Waals surface area contributed by atoms with Crippen LogP contribution in [0, 0.1) is 0 Å². The summed E-state index contributed by atoms with van der Waals surface area (Å²) in [5, 5.41) is 0. The highest BCUT2D eigenvalue weighted by molar-refractivity contribution is 4.84. The molecular weight excluding hydrogens is 436 g/mol. The van der Waals surface area contributed by atoms with E-state index in [4.69, 9.17) is 0 Å². The van der Waals surface area contributed by atoms with E-state index >= 15 is 0 Å². The monoisotopic (exact) mass is 504 g/mol. The Morgan fingerprint density at radius 1 is 0.472 bits per heavy atom. The fourth-order valence-corrected chi connectivity index (χ4v) is 5.66. The summed E-state index contributed by atoms with van der Waals surface area (Å²) in [5.41, 5.74) is 0. The van der Waals surface area contributed by atoms with E-state index in [0.29, 0.717) is 0 Å². The van der Waals surface area contributed by atoms with Gasteiger partial charge in [-0.2, -0.15) is 0 Å². The highest BCUT2D eigenvalue weighted by Crippen LogP contribution is 2.14. The van der Waals surface area contributed by atoms with Gasteiger partial charge < -0.3 is 0 Å². The van der Waals surface area contributed by atoms with E-state index in [1.807, 2.05) is 0 Å². The smallest absolute Gasteiger partial charge is 0.234 e. The lowest BCUT2D eigenvalue weighted by molar-refractivity contribution is -0.704. The van der Waals surface area contributed by atoms with Crippen LogP contribution in [0.5, 0.6) is 0 Å². The first kappa shape index (κ1) is 33.2. The molecule has 1 heterocycles. The van der Waals surface area contributed by atoms with E-state index < -0.39 is 0 Å². The van der Waals surface area contributed by atoms with Crippen LogP contribution in [-0.2, 0) is 19.5 Å². The van der Waals surface area contributed by atoms with Crippen LogP contribution in [0.25, 0.3) is 0 Å². The first-order valence-corrected chi connectivity index (χ1v) is 16.9. The normalized spacial score (nSPS) is 11.5. The fourth-order valence-electron chi connectivity index (χ4n) is 5.66. The highest BCUT2D eigenvalue weighted by Gasteiger charge is 2.15. The van der Waals surface area contributed by atoms with E-state index in [0.717, 1.165) is 0 Å². The van der Waals surface area contributed by atoms with Gasteiger partial charge in [0.15, 0.2) is 0 Å². The van der Waals surface area contributed by atoms with Crippen LogP contribution in [0.15, 0.2) is 12.4 Å². The van der Waals surface area contributed by atoms with Crippen molar-refractivity contribution in [1.29, 1.82) is 0 Å². The van der Waals surface area contributed by atoms with Crippen LogP contribution >= 0.6 is 0 Å². The lowest BCUT2D eigenvalue weighted by Gasteiger charge is -2.06. The minimum absolute atomic E-state index is 1.22. The van der Waals surface area contributed by atoms with E-state index in [1.165, 1.54) is 180 Å². The molecule has 0 aromatic carbocycles. The number of aromatic nitrogens is 2. The van der Waals surface area contributed by atoms with Crippen LogP contribution in [-0.4, -0.2) is 4.57 Å². The lowest BCUT2D eigenvalue weighted by atomic mass is 10.1. The number of rotatable bonds is 28. The van der Waals surface area contributed by atoms with Crippen LogP contribution in [0.1, 0.15) is 187 Å². The molecule has 0 spiro atoms. The predicted octanol–water partition coefficient (Wildman–Crippen LogP) is 11.1. The zero-order chi connectivity index (χ0) is 25.9. The summed E-state index contributed by atoms with van der Waals surface area (Å²) in [4.78, 5) is 0. The second-order valence-electron chi connectivity index (χ2n) is 11.6. The van der Waals surface area contributed by atoms with Crippen molar-refractivity contribution in [1.82, 2.24) is 4.57 Å². The standard InChI is InChI=1S/C34H67N2/c1-4-7-9-11-13-15-17-19-21-23-25-27-30-35-32-33-36(34(35)29-6-3)31-28-26-24-22-20-18-16-14-12-10-8-5-2/h32-33H,4-31H2,1-3H3/q+1. The van der Waals surface area contributed by atoms with Gasteiger partial charge in [0, 0.05) is 6.42 Å². The Hall–Kier alpha value is -0.790. The van der Waals surface area contributed by atoms with Gasteiger partial charge in [0.25, 0.3) is 5.82 Å². The van der Waals surface area contributed by atoms with Gasteiger partial charge >= 0.3 is 0 Å². The molecule has 0 atom stereocenters. The summed E-state index contributed by atoms with van der Waals surface area (Å²) < 4.78 is 5.14. The van der Waals surface area contributed by atoms with Crippen molar-refractivity contribution in [2.45, 2.75) is 201 Å². The minimum Gasteiger partial charge on any atom is -0.234 e. The summed E-state index contributed by atoms with van der Waals surface area (Å²) in [6, 6.07) is 0. The molecule has 0 aliphatic heterocycles. The number of imidazole rings is 1. The largest absolute Gasteiger partial charge is 0.256 e. The van der Waals surface area contributed by atoms with Crippen molar-refractivity contribution in [3.8, 4) is 0 Å². The van der Waals surface area contributed by atoms with Crippen molar-refractivity contribution >= 4 is 0 Å². The van der Waals surface area contributed by atoms with Crippen molar-refractivity contribution in [3.05, 3.63) is 18.2 Å². The number of hydrogen-bond donors (Lipinski definition) is 0. The maximum Gasteiger partial charge on any atom is 0.256 e. The van der Waals surface area contributed by atoms with Gasteiger partial charge in [-0.15, -0.1) is 0 Å². The first-order chi connectivity index (χ1) is 17.8. The SMILES string of the molecule is CCCCCCCCCCCCCCn1cc[n+](CCCCCCCCCCCCCC)c1CCC. The molecular formula is C34H67N2+. The number of nitrogens with zero attached hydrogens (tertiary/aromatic N) is 2. The summed E-state index contributed by atoms with van der Waals surface area (Å²) in [5.74, 6) is 1.57. The third kappa shape index (κ3) is 18.5. The molecule has 1 rings (SSSR count). The van der Waals surface area contributed by atoms with Crippen molar-refractivity contribution in [3.63, 3.8) is 0 Å². The van der Waals surface area contributed by atoms with Crippen LogP contribution < -0.4 is 4.57 Å². The van der Waals surface area contributed by atoms with Crippen molar-refractivity contribution in [2.24, 2.45) is 0 Å². The molecule has 2 heteroatoms. The molecule has 0 amide bonds. The van der Waals surface area contributed by atoms with Crippen LogP contribution in [0.4, 0.5) is 0 Å². The number of hydrogen-bond acceptors (Lipinski definition) is 0. The Labute approximate surface area is 228 Å². The topological polar surface area (TPSA) is 8.81 Å². The summed E-state index contributed by atoms with van der Waals surface area (Å²) in [6.07, 6.45) is 41.6. The molecule has 0 unspecified atom stereocenters. The zero-order valence-corrected chi connectivity index (χ0v) is 25.3. The van der Waals surface area contributed by atoms with E-state index in [-0.39, 0.29) is 0 Å². The van der Waals surface area contributed by atoms with Crippen molar-refractivity contribution in [2.75, 3.05) is 0 Å². The third-order valence-electron chi connectivity index (χ3n) is 8.07. The van der Waals surface area contributed by atoms with Crippen molar-refractivity contribution < 1.29 is 4.57 Å². The van der Waals surface area contributed by atoms with Crippen LogP contribution in [0.3, 0.4) is 0 Å². The molecule has 0 radical (unpaired) electrons. The Morgan fingerprint density at radius 2 is 0.861 bits per heavy atom. The van der Waals surface area contributed by atoms with E-state index in [1.54, 1.807) is 5.82 Å². The minimum atomic E-state index is 1.22. The number of unbranched alkanes of at least 4 members (excludes halogenated alkanes) is 22. The fraction of sp³-hybridized carbons (Fsp3) is 0.912. The van der Waals surface area contributed by atoms with E-state index in [9.17, 15) is 0 Å². The molecule has 212 valence electrons. The molecule has 0 N–H and O–H groups in total. The molecule has 0 saturated heterocycles. The van der Waals surface area contributed by atoms with E-state index in [2.05, 4.69) is 42.3 Å². The highest BCUT2D eigenvalue weighted by atomic mass is 15.1. The van der Waals surface area contributed by atoms with Crippen LogP contribution in [0.2, 0.25) is 0 Å².